The molecule has 0 fully saturated rings. The Balaban J connectivity index is 2.12. The van der Waals surface area contributed by atoms with Gasteiger partial charge in [-0.2, -0.15) is 5.26 Å². The second-order valence-electron chi connectivity index (χ2n) is 6.39. The van der Waals surface area contributed by atoms with E-state index in [0.717, 1.165) is 21.5 Å². The average molecular weight is 345 g/mol. The topological polar surface area (TPSA) is 96.0 Å². The Bertz CT molecular complexity index is 982. The van der Waals surface area contributed by atoms with Gasteiger partial charge in [-0.25, -0.2) is 0 Å². The molecule has 5 heteroatoms. The third kappa shape index (κ3) is 3.22. The molecule has 2 atom stereocenters. The average Bonchev–Trinajstić information content (AvgIpc) is 2.63. The minimum Gasteiger partial charge on any atom is -0.368 e. The highest BCUT2D eigenvalue weighted by atomic mass is 16.2. The molecule has 3 rings (SSSR count). The van der Waals surface area contributed by atoms with E-state index in [9.17, 15) is 9.59 Å². The summed E-state index contributed by atoms with van der Waals surface area (Å²) in [5, 5.41) is 15.1. The van der Waals surface area contributed by atoms with Crippen molar-refractivity contribution in [3.8, 4) is 6.07 Å². The summed E-state index contributed by atoms with van der Waals surface area (Å²) in [5.41, 5.74) is 5.96. The number of hydrogen-bond acceptors (Lipinski definition) is 3. The predicted molar refractivity (Wildman–Crippen MR) is 101 cm³/mol. The van der Waals surface area contributed by atoms with Gasteiger partial charge in [0.25, 0.3) is 5.91 Å². The first kappa shape index (κ1) is 17.4. The summed E-state index contributed by atoms with van der Waals surface area (Å²) < 4.78 is 0. The number of carbonyl (C=O) groups is 2. The maximum absolute atomic E-state index is 13.1. The van der Waals surface area contributed by atoms with Crippen LogP contribution in [0.15, 0.2) is 54.6 Å². The highest BCUT2D eigenvalue weighted by molar-refractivity contribution is 6.18. The van der Waals surface area contributed by atoms with Crippen LogP contribution in [0, 0.1) is 17.2 Å². The number of hydrogen-bond donors (Lipinski definition) is 2. The number of nitrogens with two attached hydrogens (primary N) is 1. The molecular weight excluding hydrogens is 326 g/mol. The van der Waals surface area contributed by atoms with Crippen molar-refractivity contribution >= 4 is 33.4 Å². The first-order valence-corrected chi connectivity index (χ1v) is 8.40. The third-order valence-corrected chi connectivity index (χ3v) is 4.57. The van der Waals surface area contributed by atoms with Gasteiger partial charge in [0.2, 0.25) is 5.91 Å². The molecule has 3 N–H and O–H groups in total. The second-order valence-corrected chi connectivity index (χ2v) is 6.39. The molecule has 26 heavy (non-hydrogen) atoms. The van der Waals surface area contributed by atoms with Crippen LogP contribution < -0.4 is 11.1 Å². The van der Waals surface area contributed by atoms with Crippen LogP contribution in [0.2, 0.25) is 0 Å². The summed E-state index contributed by atoms with van der Waals surface area (Å²) in [6, 6.07) is 18.4. The van der Waals surface area contributed by atoms with Crippen LogP contribution in [0.3, 0.4) is 0 Å². The van der Waals surface area contributed by atoms with Gasteiger partial charge in [0.15, 0.2) is 0 Å². The molecule has 3 aromatic carbocycles. The van der Waals surface area contributed by atoms with E-state index < -0.39 is 11.9 Å². The standard InChI is InChI=1S/C21H19N3O2/c1-13(10-11-22)19(20(23)25)24-21(26)18-16-8-4-2-6-14(16)12-15-7-3-5-9-17(15)18/h2-9,12-13,19H,10H2,1H3,(H2,23,25)(H,24,26)/t13-,19-/m1/s1. The number of nitrogens with one attached hydrogen (secondary N) is 1. The van der Waals surface area contributed by atoms with Crippen LogP contribution in [0.25, 0.3) is 21.5 Å². The SMILES string of the molecule is C[C@H](CC#N)[C@@H](NC(=O)c1c2ccccc2cc2ccccc12)C(N)=O. The van der Waals surface area contributed by atoms with Gasteiger partial charge >= 0.3 is 0 Å². The molecule has 0 saturated heterocycles. The summed E-state index contributed by atoms with van der Waals surface area (Å²) >= 11 is 0. The van der Waals surface area contributed by atoms with Crippen LogP contribution >= 0.6 is 0 Å². The first-order chi connectivity index (χ1) is 12.5. The van der Waals surface area contributed by atoms with E-state index in [1.807, 2.05) is 60.7 Å². The molecule has 2 amide bonds. The monoisotopic (exact) mass is 345 g/mol. The summed E-state index contributed by atoms with van der Waals surface area (Å²) in [7, 11) is 0. The lowest BCUT2D eigenvalue weighted by Gasteiger charge is -2.21. The van der Waals surface area contributed by atoms with E-state index in [-0.39, 0.29) is 18.2 Å². The molecule has 0 bridgehead atoms. The van der Waals surface area contributed by atoms with Crippen molar-refractivity contribution in [1.82, 2.24) is 5.32 Å². The molecular formula is C21H19N3O2. The van der Waals surface area contributed by atoms with Gasteiger partial charge in [-0.1, -0.05) is 55.5 Å². The molecule has 0 heterocycles. The maximum atomic E-state index is 13.1. The first-order valence-electron chi connectivity index (χ1n) is 8.40. The van der Waals surface area contributed by atoms with Crippen LogP contribution in [0.5, 0.6) is 0 Å². The molecule has 0 aliphatic heterocycles. The summed E-state index contributed by atoms with van der Waals surface area (Å²) in [4.78, 5) is 24.9. The van der Waals surface area contributed by atoms with Crippen molar-refractivity contribution in [3.63, 3.8) is 0 Å². The van der Waals surface area contributed by atoms with Gasteiger partial charge < -0.3 is 11.1 Å². The highest BCUT2D eigenvalue weighted by Gasteiger charge is 2.26. The fourth-order valence-electron chi connectivity index (χ4n) is 3.23. The molecule has 0 saturated carbocycles. The van der Waals surface area contributed by atoms with E-state index in [2.05, 4.69) is 5.32 Å². The Morgan fingerprint density at radius 1 is 1.08 bits per heavy atom. The minimum absolute atomic E-state index is 0.129. The van der Waals surface area contributed by atoms with Crippen molar-refractivity contribution in [2.24, 2.45) is 11.7 Å². The van der Waals surface area contributed by atoms with Crippen LogP contribution in [0.4, 0.5) is 0 Å². The van der Waals surface area contributed by atoms with E-state index in [1.165, 1.54) is 0 Å². The van der Waals surface area contributed by atoms with Gasteiger partial charge in [0.05, 0.1) is 11.6 Å². The van der Waals surface area contributed by atoms with E-state index in [1.54, 1.807) is 6.92 Å². The van der Waals surface area contributed by atoms with Crippen molar-refractivity contribution in [2.45, 2.75) is 19.4 Å². The molecule has 0 aromatic heterocycles. The second kappa shape index (κ2) is 7.24. The molecule has 0 aliphatic carbocycles. The molecule has 0 spiro atoms. The van der Waals surface area contributed by atoms with Crippen LogP contribution in [0.1, 0.15) is 23.7 Å². The van der Waals surface area contributed by atoms with E-state index >= 15 is 0 Å². The highest BCUT2D eigenvalue weighted by Crippen LogP contribution is 2.28. The summed E-state index contributed by atoms with van der Waals surface area (Å²) in [5.74, 6) is -1.39. The van der Waals surface area contributed by atoms with Crippen molar-refractivity contribution in [1.29, 1.82) is 5.26 Å². The number of primary amides is 1. The van der Waals surface area contributed by atoms with Crippen molar-refractivity contribution in [2.75, 3.05) is 0 Å². The van der Waals surface area contributed by atoms with Gasteiger partial charge in [-0.05, 0) is 33.5 Å². The van der Waals surface area contributed by atoms with Crippen molar-refractivity contribution in [3.05, 3.63) is 60.2 Å². The van der Waals surface area contributed by atoms with Crippen LogP contribution in [-0.2, 0) is 4.79 Å². The van der Waals surface area contributed by atoms with Gasteiger partial charge in [0.1, 0.15) is 6.04 Å². The summed E-state index contributed by atoms with van der Waals surface area (Å²) in [6.07, 6.45) is 0.129. The number of rotatable bonds is 5. The van der Waals surface area contributed by atoms with E-state index in [0.29, 0.717) is 5.56 Å². The number of nitriles is 1. The largest absolute Gasteiger partial charge is 0.368 e. The van der Waals surface area contributed by atoms with Gasteiger partial charge in [-0.3, -0.25) is 9.59 Å². The van der Waals surface area contributed by atoms with E-state index in [4.69, 9.17) is 11.0 Å². The predicted octanol–water partition coefficient (Wildman–Crippen LogP) is 3.13. The molecule has 0 aliphatic rings. The Morgan fingerprint density at radius 2 is 1.62 bits per heavy atom. The lowest BCUT2D eigenvalue weighted by Crippen LogP contribution is -2.48. The maximum Gasteiger partial charge on any atom is 0.253 e. The Morgan fingerprint density at radius 3 is 2.12 bits per heavy atom. The molecule has 0 radical (unpaired) electrons. The van der Waals surface area contributed by atoms with Crippen LogP contribution in [-0.4, -0.2) is 17.9 Å². The lowest BCUT2D eigenvalue weighted by atomic mass is 9.94. The van der Waals surface area contributed by atoms with Crippen molar-refractivity contribution < 1.29 is 9.59 Å². The Hall–Kier alpha value is -3.39. The normalized spacial score (nSPS) is 13.1. The number of fused-ring (bicyclic) bond motifs is 2. The Labute approximate surface area is 151 Å². The smallest absolute Gasteiger partial charge is 0.253 e. The number of carbonyl (C=O) groups excluding carboxylic acids is 2. The number of nitrogens with zero attached hydrogens (tertiary/aromatic N) is 1. The lowest BCUT2D eigenvalue weighted by molar-refractivity contribution is -0.120. The van der Waals surface area contributed by atoms with Gasteiger partial charge in [0, 0.05) is 6.42 Å². The molecule has 5 nitrogen and oxygen atoms in total. The summed E-state index contributed by atoms with van der Waals surface area (Å²) in [6.45, 7) is 1.72. The number of amides is 2. The third-order valence-electron chi connectivity index (χ3n) is 4.57. The molecule has 3 aromatic rings. The fraction of sp³-hybridized carbons (Fsp3) is 0.190. The zero-order chi connectivity index (χ0) is 18.7. The number of benzene rings is 3. The Kier molecular flexibility index (Phi) is 4.85. The fourth-order valence-corrected chi connectivity index (χ4v) is 3.23. The molecule has 0 unspecified atom stereocenters. The quantitative estimate of drug-likeness (QED) is 0.695. The zero-order valence-electron chi connectivity index (χ0n) is 14.4. The zero-order valence-corrected chi connectivity index (χ0v) is 14.4. The van der Waals surface area contributed by atoms with Gasteiger partial charge in [-0.15, -0.1) is 0 Å². The minimum atomic E-state index is -0.903. The molecule has 130 valence electrons.